The van der Waals surface area contributed by atoms with Gasteiger partial charge in [0.2, 0.25) is 11.8 Å². The van der Waals surface area contributed by atoms with Crippen LogP contribution in [0.15, 0.2) is 77.4 Å². The van der Waals surface area contributed by atoms with Crippen molar-refractivity contribution in [1.29, 1.82) is 0 Å². The molecule has 276 valence electrons. The Balaban J connectivity index is 1.33. The molecule has 52 heavy (non-hydrogen) atoms. The summed E-state index contributed by atoms with van der Waals surface area (Å²) >= 11 is 0. The highest BCUT2D eigenvalue weighted by molar-refractivity contribution is 6.22. The lowest BCUT2D eigenvalue weighted by atomic mass is 9.69. The van der Waals surface area contributed by atoms with E-state index in [1.807, 2.05) is 32.0 Å². The number of allylic oxidation sites excluding steroid dienone is 1. The first-order chi connectivity index (χ1) is 24.6. The molecule has 2 heterocycles. The molecule has 3 aliphatic rings. The molecule has 0 radical (unpaired) electrons. The third kappa shape index (κ3) is 7.49. The quantitative estimate of drug-likeness (QED) is 0.128. The van der Waals surface area contributed by atoms with E-state index in [9.17, 15) is 41.0 Å². The predicted molar refractivity (Wildman–Crippen MR) is 182 cm³/mol. The average Bonchev–Trinajstić information content (AvgIpc) is 3.62. The first kappa shape index (κ1) is 37.2. The molecule has 0 aromatic heterocycles. The topological polar surface area (TPSA) is 76.1 Å². The second kappa shape index (κ2) is 14.4. The standard InChI is InChI=1S/C40H39F6NO5/c1-4-8-24(15-25-13-22(2)36(48)23(3)14-25)11-12-33-34-26(20-51-30-9-6-5-7-10-30)16-31-35(32(34)21-52-33)38(50)47(37(31)49)29-18-27(39(41,42)43)17-28(19-29)40(44,45)46/h5-7,9-10,13-15,17-19,31-33,35,48H,4,8,11-12,16,20-21H2,1-3H3/b24-15+/t31-,32+,33-,35-/m1/s1. The molecule has 2 aliphatic heterocycles. The summed E-state index contributed by atoms with van der Waals surface area (Å²) in [5.74, 6) is -3.54. The average molecular weight is 728 g/mol. The summed E-state index contributed by atoms with van der Waals surface area (Å²) < 4.78 is 94.9. The summed E-state index contributed by atoms with van der Waals surface area (Å²) in [7, 11) is 0. The SMILES string of the molecule is CCC/C(=C\c1cc(C)c(O)c(C)c1)CC[C@H]1OC[C@H]2C1=C(COc1ccccc1)C[C@H]1C(=O)N(c3cc(C(F)(F)F)cc(C(F)(F)F)c3)C(=O)[C@H]12. The van der Waals surface area contributed by atoms with Gasteiger partial charge in [-0.2, -0.15) is 26.3 Å². The van der Waals surface area contributed by atoms with Gasteiger partial charge in [-0.1, -0.05) is 43.2 Å². The number of hydrogen-bond acceptors (Lipinski definition) is 5. The molecule has 2 saturated heterocycles. The highest BCUT2D eigenvalue weighted by atomic mass is 19.4. The molecule has 1 aliphatic carbocycles. The van der Waals surface area contributed by atoms with Crippen LogP contribution in [0.1, 0.15) is 66.8 Å². The minimum Gasteiger partial charge on any atom is -0.507 e. The summed E-state index contributed by atoms with van der Waals surface area (Å²) in [6, 6.07) is 13.6. The number of anilines is 1. The van der Waals surface area contributed by atoms with E-state index in [-0.39, 0.29) is 31.5 Å². The van der Waals surface area contributed by atoms with Gasteiger partial charge in [0.05, 0.1) is 41.4 Å². The monoisotopic (exact) mass is 727 g/mol. The third-order valence-corrected chi connectivity index (χ3v) is 10.2. The molecule has 0 bridgehead atoms. The molecule has 0 unspecified atom stereocenters. The fourth-order valence-corrected chi connectivity index (χ4v) is 7.83. The fourth-order valence-electron chi connectivity index (χ4n) is 7.83. The van der Waals surface area contributed by atoms with Gasteiger partial charge >= 0.3 is 12.4 Å². The van der Waals surface area contributed by atoms with Gasteiger partial charge in [0, 0.05) is 5.92 Å². The number of carbonyl (C=O) groups excluding carboxylic acids is 2. The molecule has 12 heteroatoms. The summed E-state index contributed by atoms with van der Waals surface area (Å²) in [6.07, 6.45) is -5.75. The van der Waals surface area contributed by atoms with E-state index in [1.54, 1.807) is 24.3 Å². The predicted octanol–water partition coefficient (Wildman–Crippen LogP) is 9.61. The van der Waals surface area contributed by atoms with Crippen LogP contribution in [0.25, 0.3) is 6.08 Å². The fraction of sp³-hybridized carbons (Fsp3) is 0.400. The van der Waals surface area contributed by atoms with Gasteiger partial charge < -0.3 is 14.6 Å². The lowest BCUT2D eigenvalue weighted by Gasteiger charge is -2.31. The zero-order valence-corrected chi connectivity index (χ0v) is 28.9. The summed E-state index contributed by atoms with van der Waals surface area (Å²) in [5.41, 5.74) is 1.17. The van der Waals surface area contributed by atoms with Crippen LogP contribution in [0.5, 0.6) is 11.5 Å². The first-order valence-corrected chi connectivity index (χ1v) is 17.2. The Morgan fingerprint density at radius 1 is 0.904 bits per heavy atom. The number of amides is 2. The minimum absolute atomic E-state index is 0.0269. The van der Waals surface area contributed by atoms with Gasteiger partial charge in [-0.25, -0.2) is 4.90 Å². The minimum atomic E-state index is -5.15. The van der Waals surface area contributed by atoms with E-state index >= 15 is 0 Å². The van der Waals surface area contributed by atoms with E-state index in [0.29, 0.717) is 35.6 Å². The smallest absolute Gasteiger partial charge is 0.416 e. The molecule has 0 saturated carbocycles. The van der Waals surface area contributed by atoms with Crippen molar-refractivity contribution in [2.24, 2.45) is 17.8 Å². The van der Waals surface area contributed by atoms with Crippen LogP contribution in [0.3, 0.4) is 0 Å². The number of hydrogen-bond donors (Lipinski definition) is 1. The van der Waals surface area contributed by atoms with Crippen LogP contribution in [0.4, 0.5) is 32.0 Å². The number of para-hydroxylation sites is 1. The van der Waals surface area contributed by atoms with Crippen LogP contribution in [-0.4, -0.2) is 36.2 Å². The Labute approximate surface area is 297 Å². The van der Waals surface area contributed by atoms with Crippen molar-refractivity contribution < 1.29 is 50.5 Å². The lowest BCUT2D eigenvalue weighted by molar-refractivity contribution is -0.143. The molecular formula is C40H39F6NO5. The van der Waals surface area contributed by atoms with Gasteiger partial charge in [-0.15, -0.1) is 0 Å². The van der Waals surface area contributed by atoms with Gasteiger partial charge in [0.15, 0.2) is 0 Å². The van der Waals surface area contributed by atoms with Gasteiger partial charge in [-0.3, -0.25) is 9.59 Å². The number of alkyl halides is 6. The van der Waals surface area contributed by atoms with Crippen LogP contribution in [-0.2, 0) is 26.7 Å². The molecule has 3 aromatic carbocycles. The van der Waals surface area contributed by atoms with Gasteiger partial charge in [0.25, 0.3) is 0 Å². The molecule has 0 spiro atoms. The highest BCUT2D eigenvalue weighted by Gasteiger charge is 2.58. The third-order valence-electron chi connectivity index (χ3n) is 10.2. The molecule has 2 fully saturated rings. The number of ether oxygens (including phenoxy) is 2. The molecule has 1 N–H and O–H groups in total. The first-order valence-electron chi connectivity index (χ1n) is 17.2. The Bertz CT molecular complexity index is 1860. The zero-order chi connectivity index (χ0) is 37.5. The van der Waals surface area contributed by atoms with Crippen molar-refractivity contribution in [3.05, 3.63) is 105 Å². The van der Waals surface area contributed by atoms with E-state index in [2.05, 4.69) is 13.0 Å². The number of halogens is 6. The highest BCUT2D eigenvalue weighted by Crippen LogP contribution is 2.51. The summed E-state index contributed by atoms with van der Waals surface area (Å²) in [6.45, 7) is 5.87. The molecular weight excluding hydrogens is 688 g/mol. The molecule has 6 nitrogen and oxygen atoms in total. The number of carbonyl (C=O) groups is 2. The summed E-state index contributed by atoms with van der Waals surface area (Å²) in [4.78, 5) is 28.5. The number of imide groups is 1. The molecule has 2 amide bonds. The van der Waals surface area contributed by atoms with Gasteiger partial charge in [-0.05, 0) is 110 Å². The van der Waals surface area contributed by atoms with Gasteiger partial charge in [0.1, 0.15) is 18.1 Å². The summed E-state index contributed by atoms with van der Waals surface area (Å²) in [5, 5.41) is 10.2. The van der Waals surface area contributed by atoms with Crippen molar-refractivity contribution in [2.45, 2.75) is 71.3 Å². The van der Waals surface area contributed by atoms with Crippen molar-refractivity contribution in [1.82, 2.24) is 0 Å². The number of nitrogens with zero attached hydrogens (tertiary/aromatic N) is 1. The maximum absolute atomic E-state index is 14.0. The number of phenols is 1. The second-order valence-corrected chi connectivity index (χ2v) is 13.8. The van der Waals surface area contributed by atoms with Crippen LogP contribution in [0.2, 0.25) is 0 Å². The number of phenolic OH excluding ortho intramolecular Hbond substituents is 1. The van der Waals surface area contributed by atoms with Crippen molar-refractivity contribution >= 4 is 23.6 Å². The maximum Gasteiger partial charge on any atom is 0.416 e. The largest absolute Gasteiger partial charge is 0.507 e. The van der Waals surface area contributed by atoms with Crippen LogP contribution >= 0.6 is 0 Å². The Morgan fingerprint density at radius 2 is 1.54 bits per heavy atom. The van der Waals surface area contributed by atoms with E-state index in [1.165, 1.54) is 0 Å². The van der Waals surface area contributed by atoms with E-state index < -0.39 is 64.8 Å². The molecule has 4 atom stereocenters. The number of aromatic hydroxyl groups is 1. The number of rotatable bonds is 10. The molecule has 6 rings (SSSR count). The molecule has 3 aromatic rings. The van der Waals surface area contributed by atoms with Crippen molar-refractivity contribution in [3.63, 3.8) is 0 Å². The van der Waals surface area contributed by atoms with E-state index in [4.69, 9.17) is 9.47 Å². The van der Waals surface area contributed by atoms with Crippen LogP contribution in [0, 0.1) is 31.6 Å². The Morgan fingerprint density at radius 3 is 2.13 bits per heavy atom. The zero-order valence-electron chi connectivity index (χ0n) is 28.9. The maximum atomic E-state index is 14.0. The number of benzene rings is 3. The number of aryl methyl sites for hydroxylation is 2. The lowest BCUT2D eigenvalue weighted by Crippen LogP contribution is -2.35. The van der Waals surface area contributed by atoms with Crippen molar-refractivity contribution in [3.8, 4) is 11.5 Å². The Hall–Kier alpha value is -4.58. The second-order valence-electron chi connectivity index (χ2n) is 13.8. The van der Waals surface area contributed by atoms with Crippen LogP contribution < -0.4 is 9.64 Å². The van der Waals surface area contributed by atoms with E-state index in [0.717, 1.165) is 46.3 Å². The number of fused-ring (bicyclic) bond motifs is 3. The normalized spacial score (nSPS) is 22.2. The Kier molecular flexibility index (Phi) is 10.3. The van der Waals surface area contributed by atoms with Crippen molar-refractivity contribution in [2.75, 3.05) is 18.1 Å².